The van der Waals surface area contributed by atoms with Gasteiger partial charge in [-0.2, -0.15) is 10.2 Å². The third-order valence-corrected chi connectivity index (χ3v) is 5.38. The molecule has 0 aromatic carbocycles. The van der Waals surface area contributed by atoms with Crippen molar-refractivity contribution in [1.29, 1.82) is 0 Å². The summed E-state index contributed by atoms with van der Waals surface area (Å²) in [5.74, 6) is -0.138. The lowest BCUT2D eigenvalue weighted by Gasteiger charge is -2.25. The van der Waals surface area contributed by atoms with Crippen molar-refractivity contribution in [3.63, 3.8) is 0 Å². The van der Waals surface area contributed by atoms with Gasteiger partial charge in [-0.05, 0) is 19.8 Å². The molecule has 8 nitrogen and oxygen atoms in total. The molecule has 2 N–H and O–H groups in total. The summed E-state index contributed by atoms with van der Waals surface area (Å²) in [6.45, 7) is 3.21. The number of aromatic nitrogens is 5. The second kappa shape index (κ2) is 8.00. The Balaban J connectivity index is 1.63. The zero-order valence-electron chi connectivity index (χ0n) is 16.5. The minimum Gasteiger partial charge on any atom is -0.381 e. The molecule has 8 heteroatoms. The van der Waals surface area contributed by atoms with E-state index in [0.29, 0.717) is 18.2 Å². The van der Waals surface area contributed by atoms with Crippen LogP contribution in [0.5, 0.6) is 0 Å². The second-order valence-corrected chi connectivity index (χ2v) is 7.43. The van der Waals surface area contributed by atoms with E-state index < -0.39 is 0 Å². The Bertz CT molecular complexity index is 968. The van der Waals surface area contributed by atoms with Gasteiger partial charge in [0.05, 0.1) is 29.0 Å². The number of fused-ring (bicyclic) bond motifs is 1. The Morgan fingerprint density at radius 3 is 2.71 bits per heavy atom. The fourth-order valence-electron chi connectivity index (χ4n) is 3.88. The maximum Gasteiger partial charge on any atom is 0.255 e. The van der Waals surface area contributed by atoms with Crippen molar-refractivity contribution in [2.75, 3.05) is 5.32 Å². The molecule has 0 spiro atoms. The molecule has 0 unspecified atom stereocenters. The number of hydrogen-bond donors (Lipinski definition) is 2. The summed E-state index contributed by atoms with van der Waals surface area (Å²) in [6.07, 6.45) is 13.1. The van der Waals surface area contributed by atoms with Gasteiger partial charge in [0.1, 0.15) is 0 Å². The van der Waals surface area contributed by atoms with Gasteiger partial charge in [-0.25, -0.2) is 9.67 Å². The number of hydrogen-bond acceptors (Lipinski definition) is 5. The van der Waals surface area contributed by atoms with Crippen molar-refractivity contribution in [3.05, 3.63) is 35.9 Å². The van der Waals surface area contributed by atoms with Crippen LogP contribution in [0, 0.1) is 0 Å². The first-order valence-corrected chi connectivity index (χ1v) is 10.0. The molecular weight excluding hydrogens is 354 g/mol. The third kappa shape index (κ3) is 3.72. The van der Waals surface area contributed by atoms with Crippen LogP contribution in [-0.4, -0.2) is 36.5 Å². The molecule has 0 radical (unpaired) electrons. The van der Waals surface area contributed by atoms with E-state index in [1.165, 1.54) is 19.3 Å². The summed E-state index contributed by atoms with van der Waals surface area (Å²) in [5, 5.41) is 16.1. The van der Waals surface area contributed by atoms with Crippen molar-refractivity contribution in [2.45, 2.75) is 58.2 Å². The molecule has 1 saturated carbocycles. The molecule has 3 aromatic heterocycles. The highest BCUT2D eigenvalue weighted by Gasteiger charge is 2.21. The SMILES string of the molecule is CCn1ncc2c(NC3CCCCC3)c(C(=O)NCc3cnn(C)c3)cnc21. The normalized spacial score (nSPS) is 15.1. The van der Waals surface area contributed by atoms with Crippen molar-refractivity contribution in [2.24, 2.45) is 7.05 Å². The van der Waals surface area contributed by atoms with Gasteiger partial charge in [0.25, 0.3) is 5.91 Å². The summed E-state index contributed by atoms with van der Waals surface area (Å²) in [7, 11) is 1.86. The molecule has 3 heterocycles. The third-order valence-electron chi connectivity index (χ3n) is 5.38. The number of amides is 1. The Morgan fingerprint density at radius 2 is 2.00 bits per heavy atom. The molecule has 0 saturated heterocycles. The average Bonchev–Trinajstić information content (AvgIpc) is 3.33. The van der Waals surface area contributed by atoms with Gasteiger partial charge in [-0.15, -0.1) is 0 Å². The van der Waals surface area contributed by atoms with Gasteiger partial charge >= 0.3 is 0 Å². The van der Waals surface area contributed by atoms with Gasteiger partial charge in [-0.3, -0.25) is 9.48 Å². The lowest BCUT2D eigenvalue weighted by Crippen LogP contribution is -2.27. The number of rotatable bonds is 6. The zero-order valence-corrected chi connectivity index (χ0v) is 16.5. The predicted octanol–water partition coefficient (Wildman–Crippen LogP) is 2.86. The molecule has 0 aliphatic heterocycles. The van der Waals surface area contributed by atoms with Crippen molar-refractivity contribution in [3.8, 4) is 0 Å². The highest BCUT2D eigenvalue weighted by molar-refractivity contribution is 6.06. The van der Waals surface area contributed by atoms with E-state index in [0.717, 1.165) is 41.7 Å². The van der Waals surface area contributed by atoms with Gasteiger partial charge in [0.2, 0.25) is 0 Å². The molecule has 3 aromatic rings. The number of nitrogens with one attached hydrogen (secondary N) is 2. The molecule has 28 heavy (non-hydrogen) atoms. The van der Waals surface area contributed by atoms with Gasteiger partial charge in [-0.1, -0.05) is 19.3 Å². The Kier molecular flexibility index (Phi) is 5.27. The average molecular weight is 381 g/mol. The van der Waals surface area contributed by atoms with Crippen LogP contribution in [0.3, 0.4) is 0 Å². The summed E-state index contributed by atoms with van der Waals surface area (Å²) in [4.78, 5) is 17.5. The Hall–Kier alpha value is -2.90. The number of nitrogens with zero attached hydrogens (tertiary/aromatic N) is 5. The molecule has 0 atom stereocenters. The molecular formula is C20H27N7O. The summed E-state index contributed by atoms with van der Waals surface area (Å²) < 4.78 is 3.59. The lowest BCUT2D eigenvalue weighted by molar-refractivity contribution is 0.0951. The minimum absolute atomic E-state index is 0.138. The molecule has 1 amide bonds. The van der Waals surface area contributed by atoms with Gasteiger partial charge < -0.3 is 10.6 Å². The molecule has 1 fully saturated rings. The highest BCUT2D eigenvalue weighted by atomic mass is 16.1. The van der Waals surface area contributed by atoms with E-state index in [9.17, 15) is 4.79 Å². The van der Waals surface area contributed by atoms with Gasteiger partial charge in [0, 0.05) is 44.1 Å². The Morgan fingerprint density at radius 1 is 1.18 bits per heavy atom. The van der Waals surface area contributed by atoms with Crippen LogP contribution < -0.4 is 10.6 Å². The highest BCUT2D eigenvalue weighted by Crippen LogP contribution is 2.29. The first-order chi connectivity index (χ1) is 13.7. The molecule has 0 bridgehead atoms. The van der Waals surface area contributed by atoms with E-state index in [1.54, 1.807) is 17.1 Å². The number of carbonyl (C=O) groups is 1. The maximum atomic E-state index is 13.0. The maximum absolute atomic E-state index is 13.0. The minimum atomic E-state index is -0.138. The summed E-state index contributed by atoms with van der Waals surface area (Å²) in [5.41, 5.74) is 3.19. The number of aryl methyl sites for hydroxylation is 2. The second-order valence-electron chi connectivity index (χ2n) is 7.43. The van der Waals surface area contributed by atoms with Crippen molar-refractivity contribution < 1.29 is 4.79 Å². The van der Waals surface area contributed by atoms with Crippen molar-refractivity contribution in [1.82, 2.24) is 29.9 Å². The lowest BCUT2D eigenvalue weighted by atomic mass is 9.95. The van der Waals surface area contributed by atoms with Crippen molar-refractivity contribution >= 4 is 22.6 Å². The van der Waals surface area contributed by atoms with Crippen LogP contribution in [-0.2, 0) is 20.1 Å². The molecule has 4 rings (SSSR count). The number of carbonyl (C=O) groups excluding carboxylic acids is 1. The van der Waals surface area contributed by atoms with Crippen LogP contribution in [0.15, 0.2) is 24.8 Å². The van der Waals surface area contributed by atoms with Crippen LogP contribution in [0.1, 0.15) is 54.9 Å². The fourth-order valence-corrected chi connectivity index (χ4v) is 3.88. The van der Waals surface area contributed by atoms with Crippen LogP contribution in [0.4, 0.5) is 5.69 Å². The zero-order chi connectivity index (χ0) is 19.5. The van der Waals surface area contributed by atoms with E-state index in [-0.39, 0.29) is 5.91 Å². The standard InChI is InChI=1S/C20H27N7O/c1-3-27-19-16(12-24-27)18(25-15-7-5-4-6-8-15)17(11-21-19)20(28)22-9-14-10-23-26(2)13-14/h10-13,15H,3-9H2,1-2H3,(H,21,25)(H,22,28). The largest absolute Gasteiger partial charge is 0.381 e. The number of anilines is 1. The fraction of sp³-hybridized carbons (Fsp3) is 0.500. The van der Waals surface area contributed by atoms with Crippen LogP contribution >= 0.6 is 0 Å². The van der Waals surface area contributed by atoms with Gasteiger partial charge in [0.15, 0.2) is 5.65 Å². The van der Waals surface area contributed by atoms with E-state index in [2.05, 4.69) is 25.8 Å². The monoisotopic (exact) mass is 381 g/mol. The summed E-state index contributed by atoms with van der Waals surface area (Å²) in [6, 6.07) is 0.384. The predicted molar refractivity (Wildman–Crippen MR) is 108 cm³/mol. The van der Waals surface area contributed by atoms with Crippen LogP contribution in [0.2, 0.25) is 0 Å². The first-order valence-electron chi connectivity index (χ1n) is 10.0. The van der Waals surface area contributed by atoms with E-state index in [4.69, 9.17) is 0 Å². The quantitative estimate of drug-likeness (QED) is 0.685. The smallest absolute Gasteiger partial charge is 0.255 e. The summed E-state index contributed by atoms with van der Waals surface area (Å²) >= 11 is 0. The molecule has 1 aliphatic carbocycles. The topological polar surface area (TPSA) is 89.7 Å². The molecule has 148 valence electrons. The molecule has 1 aliphatic rings. The van der Waals surface area contributed by atoms with E-state index in [1.807, 2.05) is 31.0 Å². The Labute approximate surface area is 164 Å². The number of pyridine rings is 1. The van der Waals surface area contributed by atoms with E-state index >= 15 is 0 Å². The first kappa shape index (κ1) is 18.5. The van der Waals surface area contributed by atoms with Crippen LogP contribution in [0.25, 0.3) is 11.0 Å².